The normalized spacial score (nSPS) is 47.9. The van der Waals surface area contributed by atoms with Crippen molar-refractivity contribution in [2.75, 3.05) is 40.8 Å². The second-order valence-electron chi connectivity index (χ2n) is 18.2. The molecule has 3 aliphatic rings. The number of hydrogen-bond acceptors (Lipinski definition) is 15. The monoisotopic (exact) mass is 806 g/mol. The number of hydrogen-bond donors (Lipinski definition) is 7. The molecule has 0 bridgehead atoms. The Morgan fingerprint density at radius 2 is 1.61 bits per heavy atom. The number of likely N-dealkylation sites (N-methyl/N-ethyl adjacent to an activating group) is 1. The maximum atomic E-state index is 14.3. The Balaban J connectivity index is 2.16. The van der Waals surface area contributed by atoms with E-state index in [4.69, 9.17) is 28.4 Å². The maximum absolute atomic E-state index is 14.3. The summed E-state index contributed by atoms with van der Waals surface area (Å²) in [4.78, 5) is 16.2. The highest BCUT2D eigenvalue weighted by Gasteiger charge is 2.58. The van der Waals surface area contributed by atoms with Gasteiger partial charge in [0, 0.05) is 38.1 Å². The molecular formula is C41H79N3O12. The standard InChI is InChI=1S/C41H79N3O12/c1-15-17-42-22-41(50)28(8)53-31(20-39(41,10)51-14)55-33-25(5)35(56-37-32(45)29(44(12)13)18-24(4)52-37)38(9,48)19-23(3)21-43-27(7)34(46)40(11,49)30(16-2)54-36(47)26(33)6/h23-35,37,42-43,45-46,48-50H,15-22H2,1-14H3/t23-,24?,25?,26?,27+,28?,29?,30?,31+,32-,33?,34-,35-,37?,38+,39-,40-,41+/m1/s1. The molecule has 0 radical (unpaired) electrons. The molecule has 3 rings (SSSR count). The molecule has 0 amide bonds. The first-order chi connectivity index (χ1) is 25.9. The Morgan fingerprint density at radius 1 is 0.964 bits per heavy atom. The van der Waals surface area contributed by atoms with Crippen LogP contribution in [0.1, 0.15) is 108 Å². The van der Waals surface area contributed by atoms with Gasteiger partial charge in [0.1, 0.15) is 35.1 Å². The minimum absolute atomic E-state index is 0.0939. The average Bonchev–Trinajstić information content (AvgIpc) is 3.12. The second kappa shape index (κ2) is 20.0. The Hall–Kier alpha value is -1.05. The van der Waals surface area contributed by atoms with E-state index in [1.165, 1.54) is 14.0 Å². The predicted octanol–water partition coefficient (Wildman–Crippen LogP) is 1.93. The summed E-state index contributed by atoms with van der Waals surface area (Å²) in [6.45, 7) is 20.9. The Kier molecular flexibility index (Phi) is 17.6. The number of aliphatic hydroxyl groups is 5. The van der Waals surface area contributed by atoms with Crippen molar-refractivity contribution < 1.29 is 58.7 Å². The van der Waals surface area contributed by atoms with Crippen molar-refractivity contribution in [2.45, 2.75) is 198 Å². The SMILES string of the molecule is CCCNC[C@]1(O)C(C)O[C@@H](OC2C(C)C(=O)OC(CC)[C@@](C)(O)[C@H](O)[C@H](C)NC[C@H](C)C[C@](C)(O)[C@H](OC3OC(C)CC(N(C)C)[C@H]3O)C2C)C[C@@]1(C)OC. The largest absolute Gasteiger partial charge is 0.459 e. The molecular weight excluding hydrogens is 726 g/mol. The molecule has 0 aromatic carbocycles. The van der Waals surface area contributed by atoms with E-state index in [2.05, 4.69) is 10.6 Å². The van der Waals surface area contributed by atoms with Gasteiger partial charge in [-0.2, -0.15) is 0 Å². The number of carbonyl (C=O) groups excluding carboxylic acids is 1. The molecule has 18 atom stereocenters. The second-order valence-corrected chi connectivity index (χ2v) is 18.2. The first-order valence-electron chi connectivity index (χ1n) is 20.9. The molecule has 0 aromatic heterocycles. The molecule has 3 heterocycles. The van der Waals surface area contributed by atoms with Crippen molar-refractivity contribution in [1.29, 1.82) is 0 Å². The van der Waals surface area contributed by atoms with Crippen molar-refractivity contribution in [3.63, 3.8) is 0 Å². The lowest BCUT2D eigenvalue weighted by Gasteiger charge is -2.53. The summed E-state index contributed by atoms with van der Waals surface area (Å²) in [6.07, 6.45) is -6.71. The zero-order valence-corrected chi connectivity index (χ0v) is 36.8. The highest BCUT2D eigenvalue weighted by Crippen LogP contribution is 2.43. The number of cyclic esters (lactones) is 1. The lowest BCUT2D eigenvalue weighted by Crippen LogP contribution is -2.70. The van der Waals surface area contributed by atoms with Crippen molar-refractivity contribution in [1.82, 2.24) is 15.5 Å². The van der Waals surface area contributed by atoms with Crippen LogP contribution in [-0.4, -0.2) is 167 Å². The smallest absolute Gasteiger partial charge is 0.311 e. The average molecular weight is 806 g/mol. The van der Waals surface area contributed by atoms with Crippen LogP contribution in [0.2, 0.25) is 0 Å². The Labute approximate surface area is 336 Å². The molecule has 15 heteroatoms. The van der Waals surface area contributed by atoms with Crippen LogP contribution in [0.15, 0.2) is 0 Å². The Morgan fingerprint density at radius 3 is 2.18 bits per heavy atom. The van der Waals surface area contributed by atoms with Gasteiger partial charge in [0.25, 0.3) is 0 Å². The van der Waals surface area contributed by atoms with Crippen LogP contribution in [0.25, 0.3) is 0 Å². The molecule has 3 fully saturated rings. The summed E-state index contributed by atoms with van der Waals surface area (Å²) in [6, 6.07) is -0.877. The summed E-state index contributed by atoms with van der Waals surface area (Å²) in [5.74, 6) is -2.66. The van der Waals surface area contributed by atoms with E-state index >= 15 is 0 Å². The molecule has 0 spiro atoms. The molecule has 3 saturated heterocycles. The minimum Gasteiger partial charge on any atom is -0.459 e. The van der Waals surface area contributed by atoms with E-state index in [1.54, 1.807) is 34.6 Å². The molecule has 7 N–H and O–H groups in total. The van der Waals surface area contributed by atoms with Gasteiger partial charge in [0.15, 0.2) is 12.6 Å². The summed E-state index contributed by atoms with van der Waals surface area (Å²) < 4.78 is 38.3. The predicted molar refractivity (Wildman–Crippen MR) is 212 cm³/mol. The van der Waals surface area contributed by atoms with Crippen molar-refractivity contribution in [3.05, 3.63) is 0 Å². The van der Waals surface area contributed by atoms with Gasteiger partial charge in [-0.1, -0.05) is 27.7 Å². The molecule has 0 aliphatic carbocycles. The van der Waals surface area contributed by atoms with E-state index in [0.29, 0.717) is 19.5 Å². The van der Waals surface area contributed by atoms with Gasteiger partial charge in [-0.25, -0.2) is 0 Å². The molecule has 56 heavy (non-hydrogen) atoms. The number of nitrogens with zero attached hydrogens (tertiary/aromatic N) is 1. The summed E-state index contributed by atoms with van der Waals surface area (Å²) in [5, 5.41) is 65.8. The van der Waals surface area contributed by atoms with Crippen molar-refractivity contribution in [3.8, 4) is 0 Å². The van der Waals surface area contributed by atoms with Gasteiger partial charge in [-0.3, -0.25) is 4.79 Å². The quantitative estimate of drug-likeness (QED) is 0.118. The Bertz CT molecular complexity index is 1230. The van der Waals surface area contributed by atoms with E-state index in [1.807, 2.05) is 53.6 Å². The van der Waals surface area contributed by atoms with Crippen molar-refractivity contribution in [2.24, 2.45) is 17.8 Å². The molecule has 15 nitrogen and oxygen atoms in total. The molecule has 8 unspecified atom stereocenters. The van der Waals surface area contributed by atoms with Gasteiger partial charge in [-0.15, -0.1) is 0 Å². The summed E-state index contributed by atoms with van der Waals surface area (Å²) in [7, 11) is 5.31. The van der Waals surface area contributed by atoms with E-state index in [0.717, 1.165) is 6.42 Å². The van der Waals surface area contributed by atoms with E-state index in [-0.39, 0.29) is 43.9 Å². The topological polar surface area (TPSA) is 201 Å². The van der Waals surface area contributed by atoms with E-state index < -0.39 is 95.5 Å². The van der Waals surface area contributed by atoms with Gasteiger partial charge < -0.3 is 69.5 Å². The lowest BCUT2D eigenvalue weighted by atomic mass is 9.75. The maximum Gasteiger partial charge on any atom is 0.311 e. The number of ether oxygens (including phenoxy) is 6. The van der Waals surface area contributed by atoms with Gasteiger partial charge >= 0.3 is 5.97 Å². The first-order valence-corrected chi connectivity index (χ1v) is 20.9. The molecule has 0 saturated carbocycles. The van der Waals surface area contributed by atoms with Gasteiger partial charge in [0.2, 0.25) is 0 Å². The zero-order valence-electron chi connectivity index (χ0n) is 36.8. The number of rotatable bonds is 11. The van der Waals surface area contributed by atoms with Gasteiger partial charge in [-0.05, 0) is 107 Å². The fraction of sp³-hybridized carbons (Fsp3) is 0.976. The first kappa shape index (κ1) is 49.3. The number of carbonyl (C=O) groups is 1. The van der Waals surface area contributed by atoms with Crippen LogP contribution in [0.4, 0.5) is 0 Å². The fourth-order valence-electron chi connectivity index (χ4n) is 9.21. The van der Waals surface area contributed by atoms with Crippen LogP contribution < -0.4 is 10.6 Å². The fourth-order valence-corrected chi connectivity index (χ4v) is 9.21. The van der Waals surface area contributed by atoms with Crippen LogP contribution in [0, 0.1) is 17.8 Å². The highest BCUT2D eigenvalue weighted by molar-refractivity contribution is 5.73. The summed E-state index contributed by atoms with van der Waals surface area (Å²) >= 11 is 0. The highest BCUT2D eigenvalue weighted by atomic mass is 16.7. The third-order valence-electron chi connectivity index (χ3n) is 13.0. The minimum atomic E-state index is -1.81. The van der Waals surface area contributed by atoms with Crippen LogP contribution >= 0.6 is 0 Å². The number of methoxy groups -OCH3 is 1. The molecule has 0 aromatic rings. The third kappa shape index (κ3) is 11.0. The molecule has 3 aliphatic heterocycles. The van der Waals surface area contributed by atoms with Crippen LogP contribution in [0.3, 0.4) is 0 Å². The van der Waals surface area contributed by atoms with Crippen LogP contribution in [-0.2, 0) is 33.2 Å². The van der Waals surface area contributed by atoms with Crippen LogP contribution in [0.5, 0.6) is 0 Å². The number of aliphatic hydroxyl groups excluding tert-OH is 2. The lowest BCUT2D eigenvalue weighted by molar-refractivity contribution is -0.336. The summed E-state index contributed by atoms with van der Waals surface area (Å²) in [5.41, 5.74) is -5.95. The van der Waals surface area contributed by atoms with Crippen molar-refractivity contribution >= 4 is 5.97 Å². The number of nitrogens with one attached hydrogen (secondary N) is 2. The van der Waals surface area contributed by atoms with Gasteiger partial charge in [0.05, 0.1) is 35.9 Å². The third-order valence-corrected chi connectivity index (χ3v) is 13.0. The zero-order chi connectivity index (χ0) is 42.6. The molecule has 330 valence electrons. The number of esters is 1. The van der Waals surface area contributed by atoms with E-state index in [9.17, 15) is 30.3 Å².